The van der Waals surface area contributed by atoms with E-state index in [1.54, 1.807) is 24.9 Å². The minimum Gasteiger partial charge on any atom is -0.328 e. The van der Waals surface area contributed by atoms with Crippen molar-refractivity contribution < 1.29 is 13.6 Å². The Kier molecular flexibility index (Phi) is 5.25. The number of nitrogens with one attached hydrogen (secondary N) is 1. The number of amides is 2. The zero-order valence-corrected chi connectivity index (χ0v) is 13.3. The van der Waals surface area contributed by atoms with Gasteiger partial charge in [-0.05, 0) is 31.5 Å². The van der Waals surface area contributed by atoms with Crippen LogP contribution >= 0.6 is 0 Å². The van der Waals surface area contributed by atoms with Gasteiger partial charge in [0.2, 0.25) is 0 Å². The molecular formula is C15H19F2N5O. The molecule has 0 aliphatic carbocycles. The number of nitrogens with zero attached hydrogens (tertiary/aromatic N) is 4. The van der Waals surface area contributed by atoms with Gasteiger partial charge in [-0.15, -0.1) is 10.2 Å². The fraction of sp³-hybridized carbons (Fsp3) is 0.400. The number of carbonyl (C=O) groups excluding carboxylic acids is 1. The Bertz CT molecular complexity index is 688. The van der Waals surface area contributed by atoms with Crippen LogP contribution < -0.4 is 5.32 Å². The molecule has 0 radical (unpaired) electrons. The minimum atomic E-state index is -0.925. The number of urea groups is 1. The summed E-state index contributed by atoms with van der Waals surface area (Å²) in [5.74, 6) is -1.20. The summed E-state index contributed by atoms with van der Waals surface area (Å²) in [6, 6.07) is 2.97. The lowest BCUT2D eigenvalue weighted by Crippen LogP contribution is -2.41. The first-order chi connectivity index (χ1) is 10.9. The molecular weight excluding hydrogens is 304 g/mol. The van der Waals surface area contributed by atoms with Gasteiger partial charge in [0, 0.05) is 20.1 Å². The maximum atomic E-state index is 13.3. The number of aryl methyl sites for hydroxylation is 1. The quantitative estimate of drug-likeness (QED) is 0.919. The van der Waals surface area contributed by atoms with Crippen LogP contribution in [0.25, 0.3) is 0 Å². The van der Waals surface area contributed by atoms with Gasteiger partial charge in [0.1, 0.15) is 6.33 Å². The Morgan fingerprint density at radius 1 is 1.39 bits per heavy atom. The zero-order chi connectivity index (χ0) is 17.0. The van der Waals surface area contributed by atoms with Gasteiger partial charge in [-0.1, -0.05) is 6.07 Å². The van der Waals surface area contributed by atoms with E-state index in [1.165, 1.54) is 11.0 Å². The molecule has 8 heteroatoms. The maximum Gasteiger partial charge on any atom is 0.318 e. The normalized spacial score (nSPS) is 12.0. The number of hydrogen-bond donors (Lipinski definition) is 1. The summed E-state index contributed by atoms with van der Waals surface area (Å²) in [5, 5.41) is 10.5. The molecule has 0 bridgehead atoms. The van der Waals surface area contributed by atoms with E-state index in [0.29, 0.717) is 17.9 Å². The Morgan fingerprint density at radius 3 is 2.70 bits per heavy atom. The van der Waals surface area contributed by atoms with Crippen molar-refractivity contribution in [3.8, 4) is 0 Å². The van der Waals surface area contributed by atoms with Crippen LogP contribution in [-0.2, 0) is 13.6 Å². The van der Waals surface area contributed by atoms with Crippen molar-refractivity contribution in [2.45, 2.75) is 26.4 Å². The molecule has 0 saturated carbocycles. The van der Waals surface area contributed by atoms with Crippen LogP contribution in [0, 0.1) is 11.6 Å². The fourth-order valence-corrected chi connectivity index (χ4v) is 2.21. The monoisotopic (exact) mass is 323 g/mol. The molecule has 1 aromatic heterocycles. The second-order valence-corrected chi connectivity index (χ2v) is 5.23. The molecule has 1 N–H and O–H groups in total. The van der Waals surface area contributed by atoms with Gasteiger partial charge in [0.05, 0.1) is 6.04 Å². The highest BCUT2D eigenvalue weighted by atomic mass is 19.2. The number of carbonyl (C=O) groups is 1. The van der Waals surface area contributed by atoms with E-state index in [4.69, 9.17) is 0 Å². The molecule has 2 amide bonds. The van der Waals surface area contributed by atoms with Crippen LogP contribution in [0.2, 0.25) is 0 Å². The van der Waals surface area contributed by atoms with Gasteiger partial charge in [-0.3, -0.25) is 0 Å². The highest BCUT2D eigenvalue weighted by Gasteiger charge is 2.18. The highest BCUT2D eigenvalue weighted by molar-refractivity contribution is 5.74. The van der Waals surface area contributed by atoms with Crippen LogP contribution in [-0.4, -0.2) is 32.2 Å². The van der Waals surface area contributed by atoms with Gasteiger partial charge in [-0.25, -0.2) is 13.6 Å². The van der Waals surface area contributed by atoms with Gasteiger partial charge < -0.3 is 14.8 Å². The molecule has 0 spiro atoms. The highest BCUT2D eigenvalue weighted by Crippen LogP contribution is 2.13. The number of hydrogen-bond acceptors (Lipinski definition) is 3. The second kappa shape index (κ2) is 7.17. The van der Waals surface area contributed by atoms with Gasteiger partial charge in [0.15, 0.2) is 17.5 Å². The average Bonchev–Trinajstić information content (AvgIpc) is 2.94. The summed E-state index contributed by atoms with van der Waals surface area (Å²) in [7, 11) is 1.79. The SMILES string of the molecule is CCN(Cc1ccc(F)c(F)c1)C(=O)NC(C)c1nncn1C. The van der Waals surface area contributed by atoms with Crippen molar-refractivity contribution in [1.29, 1.82) is 0 Å². The lowest BCUT2D eigenvalue weighted by atomic mass is 10.2. The topological polar surface area (TPSA) is 63.1 Å². The summed E-state index contributed by atoms with van der Waals surface area (Å²) >= 11 is 0. The minimum absolute atomic E-state index is 0.186. The third-order valence-corrected chi connectivity index (χ3v) is 3.50. The van der Waals surface area contributed by atoms with Crippen LogP contribution in [0.1, 0.15) is 31.3 Å². The van der Waals surface area contributed by atoms with Crippen molar-refractivity contribution in [2.75, 3.05) is 6.54 Å². The Labute approximate surface area is 133 Å². The van der Waals surface area contributed by atoms with Crippen molar-refractivity contribution in [3.63, 3.8) is 0 Å². The first-order valence-electron chi connectivity index (χ1n) is 7.25. The van der Waals surface area contributed by atoms with Crippen molar-refractivity contribution in [2.24, 2.45) is 7.05 Å². The Hall–Kier alpha value is -2.51. The molecule has 2 aromatic rings. The van der Waals surface area contributed by atoms with E-state index in [9.17, 15) is 13.6 Å². The molecule has 1 atom stereocenters. The predicted molar refractivity (Wildman–Crippen MR) is 80.4 cm³/mol. The third kappa shape index (κ3) is 4.02. The summed E-state index contributed by atoms with van der Waals surface area (Å²) < 4.78 is 27.9. The standard InChI is InChI=1S/C15H19F2N5O/c1-4-22(8-11-5-6-12(16)13(17)7-11)15(23)19-10(2)14-20-18-9-21(14)3/h5-7,9-10H,4,8H2,1-3H3,(H,19,23). The van der Waals surface area contributed by atoms with Gasteiger partial charge >= 0.3 is 6.03 Å². The first-order valence-corrected chi connectivity index (χ1v) is 7.25. The van der Waals surface area contributed by atoms with E-state index in [-0.39, 0.29) is 18.6 Å². The third-order valence-electron chi connectivity index (χ3n) is 3.50. The molecule has 124 valence electrons. The van der Waals surface area contributed by atoms with Crippen molar-refractivity contribution in [3.05, 3.63) is 47.5 Å². The average molecular weight is 323 g/mol. The van der Waals surface area contributed by atoms with E-state index < -0.39 is 11.6 Å². The summed E-state index contributed by atoms with van der Waals surface area (Å²) in [6.45, 7) is 4.22. The van der Waals surface area contributed by atoms with E-state index >= 15 is 0 Å². The Balaban J connectivity index is 2.03. The molecule has 2 rings (SSSR count). The van der Waals surface area contributed by atoms with Crippen LogP contribution in [0.5, 0.6) is 0 Å². The predicted octanol–water partition coefficient (Wildman–Crippen LogP) is 2.39. The van der Waals surface area contributed by atoms with Gasteiger partial charge in [-0.2, -0.15) is 0 Å². The van der Waals surface area contributed by atoms with Crippen LogP contribution in [0.4, 0.5) is 13.6 Å². The molecule has 6 nitrogen and oxygen atoms in total. The molecule has 0 aliphatic heterocycles. The smallest absolute Gasteiger partial charge is 0.318 e. The molecule has 0 saturated heterocycles. The second-order valence-electron chi connectivity index (χ2n) is 5.23. The number of aromatic nitrogens is 3. The molecule has 0 aliphatic rings. The summed E-state index contributed by atoms with van der Waals surface area (Å²) in [5.41, 5.74) is 0.521. The van der Waals surface area contributed by atoms with Crippen LogP contribution in [0.3, 0.4) is 0 Å². The lowest BCUT2D eigenvalue weighted by Gasteiger charge is -2.23. The summed E-state index contributed by atoms with van der Waals surface area (Å²) in [4.78, 5) is 13.8. The number of halogens is 2. The maximum absolute atomic E-state index is 13.3. The first kappa shape index (κ1) is 16.9. The fourth-order valence-electron chi connectivity index (χ4n) is 2.21. The molecule has 23 heavy (non-hydrogen) atoms. The molecule has 0 fully saturated rings. The molecule has 1 unspecified atom stereocenters. The van der Waals surface area contributed by atoms with Crippen molar-refractivity contribution >= 4 is 6.03 Å². The number of rotatable bonds is 5. The largest absolute Gasteiger partial charge is 0.328 e. The Morgan fingerprint density at radius 2 is 2.13 bits per heavy atom. The van der Waals surface area contributed by atoms with Crippen molar-refractivity contribution in [1.82, 2.24) is 25.0 Å². The molecule has 1 aromatic carbocycles. The van der Waals surface area contributed by atoms with E-state index in [0.717, 1.165) is 12.1 Å². The van der Waals surface area contributed by atoms with E-state index in [1.807, 2.05) is 6.92 Å². The van der Waals surface area contributed by atoms with E-state index in [2.05, 4.69) is 15.5 Å². The van der Waals surface area contributed by atoms with Gasteiger partial charge in [0.25, 0.3) is 0 Å². The van der Waals surface area contributed by atoms with Crippen LogP contribution in [0.15, 0.2) is 24.5 Å². The lowest BCUT2D eigenvalue weighted by molar-refractivity contribution is 0.194. The number of benzene rings is 1. The molecule has 1 heterocycles. The zero-order valence-electron chi connectivity index (χ0n) is 13.3. The summed E-state index contributed by atoms with van der Waals surface area (Å²) in [6.07, 6.45) is 1.55.